The fourth-order valence-corrected chi connectivity index (χ4v) is 2.32. The van der Waals surface area contributed by atoms with Crippen molar-refractivity contribution in [2.24, 2.45) is 5.14 Å². The minimum atomic E-state index is -4.57. The Kier molecular flexibility index (Phi) is 4.45. The molecule has 9 heteroatoms. The second kappa shape index (κ2) is 5.41. The van der Waals surface area contributed by atoms with E-state index in [1.165, 1.54) is 12.1 Å². The smallest absolute Gasteiger partial charge is 0.333 e. The predicted molar refractivity (Wildman–Crippen MR) is 65.6 cm³/mol. The minimum Gasteiger partial charge on any atom is -0.333 e. The monoisotopic (exact) mass is 310 g/mol. The number of hydrogen-bond donors (Lipinski definition) is 1. The van der Waals surface area contributed by atoms with Crippen molar-refractivity contribution in [3.63, 3.8) is 0 Å². The third-order valence-corrected chi connectivity index (χ3v) is 3.40. The van der Waals surface area contributed by atoms with Gasteiger partial charge in [-0.1, -0.05) is 11.6 Å². The van der Waals surface area contributed by atoms with Crippen LogP contribution >= 0.6 is 0 Å². The van der Waals surface area contributed by atoms with Crippen molar-refractivity contribution in [2.75, 3.05) is 13.6 Å². The number of alkyl halides is 3. The van der Waals surface area contributed by atoms with Crippen LogP contribution in [0.4, 0.5) is 13.2 Å². The van der Waals surface area contributed by atoms with Gasteiger partial charge in [-0.15, -0.1) is 0 Å². The topological polar surface area (TPSA) is 80.5 Å². The number of carbonyl (C=O) groups is 1. The lowest BCUT2D eigenvalue weighted by atomic mass is 10.1. The Balaban J connectivity index is 3.25. The largest absolute Gasteiger partial charge is 0.406 e. The Morgan fingerprint density at radius 2 is 1.90 bits per heavy atom. The molecule has 0 radical (unpaired) electrons. The minimum absolute atomic E-state index is 0.376. The molecule has 0 saturated carbocycles. The van der Waals surface area contributed by atoms with Crippen molar-refractivity contribution in [1.29, 1.82) is 0 Å². The number of primary sulfonamides is 1. The Bertz CT molecular complexity index is 626. The molecule has 1 aromatic carbocycles. The summed E-state index contributed by atoms with van der Waals surface area (Å²) in [6.07, 6.45) is -4.57. The highest BCUT2D eigenvalue weighted by molar-refractivity contribution is 7.89. The first-order valence-corrected chi connectivity index (χ1v) is 6.92. The van der Waals surface area contributed by atoms with E-state index >= 15 is 0 Å². The number of carbonyl (C=O) groups excluding carboxylic acids is 1. The van der Waals surface area contributed by atoms with Crippen molar-refractivity contribution in [1.82, 2.24) is 4.90 Å². The summed E-state index contributed by atoms with van der Waals surface area (Å²) in [5, 5.41) is 4.95. The number of sulfonamides is 1. The first-order chi connectivity index (χ1) is 8.92. The van der Waals surface area contributed by atoms with E-state index in [9.17, 15) is 26.4 Å². The number of rotatable bonds is 3. The molecule has 2 N–H and O–H groups in total. The zero-order chi connectivity index (χ0) is 15.7. The Labute approximate surface area is 114 Å². The lowest BCUT2D eigenvalue weighted by Gasteiger charge is -2.20. The van der Waals surface area contributed by atoms with Gasteiger partial charge in [0.25, 0.3) is 5.91 Å². The van der Waals surface area contributed by atoms with Gasteiger partial charge in [0.05, 0.1) is 10.5 Å². The molecule has 0 aliphatic rings. The van der Waals surface area contributed by atoms with Gasteiger partial charge in [-0.2, -0.15) is 13.2 Å². The van der Waals surface area contributed by atoms with Gasteiger partial charge >= 0.3 is 6.18 Å². The van der Waals surface area contributed by atoms with Crippen LogP contribution in [-0.2, 0) is 10.0 Å². The van der Waals surface area contributed by atoms with E-state index in [4.69, 9.17) is 5.14 Å². The van der Waals surface area contributed by atoms with Gasteiger partial charge in [-0.25, -0.2) is 13.6 Å². The quantitative estimate of drug-likeness (QED) is 0.913. The average Bonchev–Trinajstić information content (AvgIpc) is 2.23. The Morgan fingerprint density at radius 3 is 2.35 bits per heavy atom. The third-order valence-electron chi connectivity index (χ3n) is 2.44. The summed E-state index contributed by atoms with van der Waals surface area (Å²) in [7, 11) is -3.27. The third kappa shape index (κ3) is 4.20. The van der Waals surface area contributed by atoms with Gasteiger partial charge in [-0.05, 0) is 19.1 Å². The van der Waals surface area contributed by atoms with Crippen LogP contribution in [0.2, 0.25) is 0 Å². The van der Waals surface area contributed by atoms with Crippen molar-refractivity contribution in [3.8, 4) is 0 Å². The molecule has 0 bridgehead atoms. The zero-order valence-electron chi connectivity index (χ0n) is 10.7. The summed E-state index contributed by atoms with van der Waals surface area (Å²) in [5.74, 6) is -1.06. The molecule has 0 aromatic heterocycles. The van der Waals surface area contributed by atoms with Gasteiger partial charge in [0.15, 0.2) is 0 Å². The van der Waals surface area contributed by atoms with Crippen LogP contribution in [-0.4, -0.2) is 39.0 Å². The average molecular weight is 310 g/mol. The van der Waals surface area contributed by atoms with Gasteiger partial charge < -0.3 is 4.90 Å². The second-order valence-electron chi connectivity index (χ2n) is 4.32. The summed E-state index contributed by atoms with van der Waals surface area (Å²) in [4.78, 5) is 11.8. The van der Waals surface area contributed by atoms with Crippen LogP contribution in [0, 0.1) is 6.92 Å². The summed E-state index contributed by atoms with van der Waals surface area (Å²) >= 11 is 0. The molecule has 5 nitrogen and oxygen atoms in total. The highest BCUT2D eigenvalue weighted by Gasteiger charge is 2.32. The molecule has 0 atom stereocenters. The van der Waals surface area contributed by atoms with E-state index < -0.39 is 33.5 Å². The molecule has 0 aliphatic heterocycles. The van der Waals surface area contributed by atoms with Crippen LogP contribution in [0.15, 0.2) is 23.1 Å². The maximum atomic E-state index is 12.3. The van der Waals surface area contributed by atoms with Crippen LogP contribution in [0.5, 0.6) is 0 Å². The number of amides is 1. The fourth-order valence-electron chi connectivity index (χ4n) is 1.61. The lowest BCUT2D eigenvalue weighted by Crippen LogP contribution is -2.36. The van der Waals surface area contributed by atoms with Crippen molar-refractivity contribution < 1.29 is 26.4 Å². The van der Waals surface area contributed by atoms with E-state index in [1.54, 1.807) is 6.92 Å². The first kappa shape index (κ1) is 16.4. The van der Waals surface area contributed by atoms with Gasteiger partial charge in [0.1, 0.15) is 6.54 Å². The number of aryl methyl sites for hydroxylation is 1. The number of hydrogen-bond acceptors (Lipinski definition) is 3. The van der Waals surface area contributed by atoms with E-state index in [0.29, 0.717) is 10.5 Å². The van der Waals surface area contributed by atoms with Gasteiger partial charge in [-0.3, -0.25) is 4.79 Å². The molecule has 0 aliphatic carbocycles. The van der Waals surface area contributed by atoms with E-state index in [0.717, 1.165) is 13.1 Å². The molecule has 0 spiro atoms. The highest BCUT2D eigenvalue weighted by Crippen LogP contribution is 2.21. The van der Waals surface area contributed by atoms with Crippen molar-refractivity contribution in [2.45, 2.75) is 18.0 Å². The molecule has 1 amide bonds. The Morgan fingerprint density at radius 1 is 1.35 bits per heavy atom. The maximum Gasteiger partial charge on any atom is 0.406 e. The molecule has 112 valence electrons. The number of nitrogens with zero attached hydrogens (tertiary/aromatic N) is 1. The SMILES string of the molecule is Cc1ccc(S(N)(=O)=O)c(C(=O)N(C)CC(F)(F)F)c1. The molecule has 20 heavy (non-hydrogen) atoms. The molecule has 1 aromatic rings. The lowest BCUT2D eigenvalue weighted by molar-refractivity contribution is -0.138. The second-order valence-corrected chi connectivity index (χ2v) is 5.85. The van der Waals surface area contributed by atoms with Crippen molar-refractivity contribution in [3.05, 3.63) is 29.3 Å². The number of benzene rings is 1. The van der Waals surface area contributed by atoms with Crippen LogP contribution in [0.1, 0.15) is 15.9 Å². The van der Waals surface area contributed by atoms with Gasteiger partial charge in [0.2, 0.25) is 10.0 Å². The fraction of sp³-hybridized carbons (Fsp3) is 0.364. The number of halogens is 3. The normalized spacial score (nSPS) is 12.3. The molecule has 0 heterocycles. The van der Waals surface area contributed by atoms with E-state index in [1.807, 2.05) is 0 Å². The van der Waals surface area contributed by atoms with Crippen molar-refractivity contribution >= 4 is 15.9 Å². The first-order valence-electron chi connectivity index (χ1n) is 5.37. The van der Waals surface area contributed by atoms with E-state index in [2.05, 4.69) is 0 Å². The van der Waals surface area contributed by atoms with Crippen LogP contribution in [0.25, 0.3) is 0 Å². The summed E-state index contributed by atoms with van der Waals surface area (Å²) in [5.41, 5.74) is 0.153. The summed E-state index contributed by atoms with van der Waals surface area (Å²) < 4.78 is 59.5. The molecular weight excluding hydrogens is 297 g/mol. The van der Waals surface area contributed by atoms with E-state index in [-0.39, 0.29) is 5.56 Å². The van der Waals surface area contributed by atoms with Gasteiger partial charge in [0, 0.05) is 7.05 Å². The highest BCUT2D eigenvalue weighted by atomic mass is 32.2. The molecule has 1 rings (SSSR count). The molecule has 0 saturated heterocycles. The zero-order valence-corrected chi connectivity index (χ0v) is 11.5. The predicted octanol–water partition coefficient (Wildman–Crippen LogP) is 1.28. The molecule has 0 fully saturated rings. The standard InChI is InChI=1S/C11H13F3N2O3S/c1-7-3-4-9(20(15,18)19)8(5-7)10(17)16(2)6-11(12,13)14/h3-5H,6H2,1-2H3,(H2,15,18,19). The molecule has 0 unspecified atom stereocenters. The summed E-state index contributed by atoms with van der Waals surface area (Å²) in [6.45, 7) is 0.0945. The van der Waals surface area contributed by atoms with Crippen LogP contribution < -0.4 is 5.14 Å². The summed E-state index contributed by atoms with van der Waals surface area (Å²) in [6, 6.07) is 3.69. The number of nitrogens with two attached hydrogens (primary N) is 1. The Hall–Kier alpha value is -1.61. The molecular formula is C11H13F3N2O3S. The maximum absolute atomic E-state index is 12.3. The van der Waals surface area contributed by atoms with Crippen LogP contribution in [0.3, 0.4) is 0 Å².